The van der Waals surface area contributed by atoms with E-state index in [0.29, 0.717) is 10.8 Å². The van der Waals surface area contributed by atoms with Crippen molar-refractivity contribution in [1.82, 2.24) is 0 Å². The molecule has 0 atom stereocenters. The van der Waals surface area contributed by atoms with E-state index in [1.54, 1.807) is 0 Å². The smallest absolute Gasteiger partial charge is 0.231 e. The van der Waals surface area contributed by atoms with Crippen LogP contribution in [0.3, 0.4) is 0 Å². The molecule has 3 rings (SSSR count). The number of nitrogens with two attached hydrogens (primary N) is 1. The van der Waals surface area contributed by atoms with Crippen LogP contribution in [0.2, 0.25) is 5.02 Å². The van der Waals surface area contributed by atoms with E-state index in [2.05, 4.69) is 6.92 Å². The first-order valence-electron chi connectivity index (χ1n) is 5.56. The molecule has 2 aliphatic rings. The van der Waals surface area contributed by atoms with Crippen LogP contribution in [-0.4, -0.2) is 6.79 Å². The topological polar surface area (TPSA) is 44.5 Å². The van der Waals surface area contributed by atoms with Gasteiger partial charge in [0.2, 0.25) is 6.79 Å². The molecule has 1 aliphatic carbocycles. The molecule has 1 aliphatic heterocycles. The summed E-state index contributed by atoms with van der Waals surface area (Å²) in [4.78, 5) is 0. The fourth-order valence-electron chi connectivity index (χ4n) is 2.23. The zero-order chi connectivity index (χ0) is 11.3. The molecule has 1 saturated carbocycles. The van der Waals surface area contributed by atoms with Gasteiger partial charge in [0.15, 0.2) is 11.5 Å². The van der Waals surface area contributed by atoms with Crippen molar-refractivity contribution in [1.29, 1.82) is 0 Å². The summed E-state index contributed by atoms with van der Waals surface area (Å²) in [5, 5.41) is 0.671. The van der Waals surface area contributed by atoms with Crippen LogP contribution >= 0.6 is 11.6 Å². The maximum absolute atomic E-state index is 6.33. The molecule has 0 amide bonds. The number of hydrogen-bond donors (Lipinski definition) is 1. The first kappa shape index (κ1) is 10.2. The van der Waals surface area contributed by atoms with Gasteiger partial charge in [-0.15, -0.1) is 0 Å². The SMILES string of the molecule is CCc1c(C2(N)CC2)cc2c(c1Cl)OCO2. The van der Waals surface area contributed by atoms with Crippen LogP contribution in [0.15, 0.2) is 6.07 Å². The van der Waals surface area contributed by atoms with Crippen LogP contribution in [0.4, 0.5) is 0 Å². The third-order valence-corrected chi connectivity index (χ3v) is 3.78. The average Bonchev–Trinajstić information content (AvgIpc) is 2.84. The van der Waals surface area contributed by atoms with Crippen LogP contribution in [0.1, 0.15) is 30.9 Å². The van der Waals surface area contributed by atoms with Crippen LogP contribution in [0, 0.1) is 0 Å². The Morgan fingerprint density at radius 3 is 2.81 bits per heavy atom. The molecule has 86 valence electrons. The van der Waals surface area contributed by atoms with Crippen molar-refractivity contribution in [2.45, 2.75) is 31.7 Å². The van der Waals surface area contributed by atoms with Crippen molar-refractivity contribution in [3.63, 3.8) is 0 Å². The lowest BCUT2D eigenvalue weighted by atomic mass is 9.96. The first-order valence-corrected chi connectivity index (χ1v) is 5.94. The zero-order valence-corrected chi connectivity index (χ0v) is 9.93. The van der Waals surface area contributed by atoms with Gasteiger partial charge >= 0.3 is 0 Å². The van der Waals surface area contributed by atoms with Gasteiger partial charge in [-0.1, -0.05) is 18.5 Å². The van der Waals surface area contributed by atoms with Crippen LogP contribution in [0.5, 0.6) is 11.5 Å². The highest BCUT2D eigenvalue weighted by molar-refractivity contribution is 6.33. The van der Waals surface area contributed by atoms with E-state index in [4.69, 9.17) is 26.8 Å². The predicted octanol–water partition coefficient (Wildman–Crippen LogP) is 2.58. The zero-order valence-electron chi connectivity index (χ0n) is 9.18. The molecule has 3 nitrogen and oxygen atoms in total. The van der Waals surface area contributed by atoms with Crippen molar-refractivity contribution in [3.8, 4) is 11.5 Å². The molecule has 0 saturated heterocycles. The summed E-state index contributed by atoms with van der Waals surface area (Å²) in [7, 11) is 0. The van der Waals surface area contributed by atoms with Crippen LogP contribution in [-0.2, 0) is 12.0 Å². The standard InChI is InChI=1S/C12H14ClNO2/c1-2-7-8(12(14)3-4-12)5-9-11(10(7)13)16-6-15-9/h5H,2-4,6,14H2,1H3. The van der Waals surface area contributed by atoms with E-state index in [0.717, 1.165) is 36.1 Å². The van der Waals surface area contributed by atoms with Gasteiger partial charge in [-0.05, 0) is 36.5 Å². The fourth-order valence-corrected chi connectivity index (χ4v) is 2.62. The molecule has 1 aromatic rings. The van der Waals surface area contributed by atoms with Crippen LogP contribution < -0.4 is 15.2 Å². The first-order chi connectivity index (χ1) is 7.65. The van der Waals surface area contributed by atoms with E-state index in [-0.39, 0.29) is 12.3 Å². The molecule has 0 radical (unpaired) electrons. The van der Waals surface area contributed by atoms with E-state index in [1.165, 1.54) is 0 Å². The highest BCUT2D eigenvalue weighted by Gasteiger charge is 2.43. The number of benzene rings is 1. The summed E-state index contributed by atoms with van der Waals surface area (Å²) >= 11 is 6.33. The molecule has 16 heavy (non-hydrogen) atoms. The number of ether oxygens (including phenoxy) is 2. The molecule has 4 heteroatoms. The number of hydrogen-bond acceptors (Lipinski definition) is 3. The molecule has 0 bridgehead atoms. The average molecular weight is 240 g/mol. The van der Waals surface area contributed by atoms with E-state index >= 15 is 0 Å². The normalized spacial score (nSPS) is 19.9. The second-order valence-corrected chi connectivity index (χ2v) is 4.84. The Hall–Kier alpha value is -0.930. The number of fused-ring (bicyclic) bond motifs is 1. The Morgan fingerprint density at radius 2 is 2.19 bits per heavy atom. The maximum Gasteiger partial charge on any atom is 0.231 e. The molecule has 2 N–H and O–H groups in total. The molecule has 0 unspecified atom stereocenters. The monoisotopic (exact) mass is 239 g/mol. The third-order valence-electron chi connectivity index (χ3n) is 3.38. The van der Waals surface area contributed by atoms with Gasteiger partial charge < -0.3 is 15.2 Å². The molecule has 1 heterocycles. The van der Waals surface area contributed by atoms with Crippen molar-refractivity contribution in [2.24, 2.45) is 5.73 Å². The predicted molar refractivity (Wildman–Crippen MR) is 62.1 cm³/mol. The Morgan fingerprint density at radius 1 is 1.44 bits per heavy atom. The Kier molecular flexibility index (Phi) is 2.10. The van der Waals surface area contributed by atoms with Gasteiger partial charge in [-0.3, -0.25) is 0 Å². The molecule has 1 aromatic carbocycles. The highest BCUT2D eigenvalue weighted by atomic mass is 35.5. The van der Waals surface area contributed by atoms with Crippen LogP contribution in [0.25, 0.3) is 0 Å². The molecule has 0 spiro atoms. The van der Waals surface area contributed by atoms with Gasteiger partial charge in [0.25, 0.3) is 0 Å². The summed E-state index contributed by atoms with van der Waals surface area (Å²) in [6.45, 7) is 2.33. The number of halogens is 1. The van der Waals surface area contributed by atoms with Gasteiger partial charge in [0.1, 0.15) is 0 Å². The Bertz CT molecular complexity index is 455. The van der Waals surface area contributed by atoms with Crippen molar-refractivity contribution in [3.05, 3.63) is 22.2 Å². The minimum Gasteiger partial charge on any atom is -0.454 e. The Balaban J connectivity index is 2.21. The van der Waals surface area contributed by atoms with E-state index < -0.39 is 0 Å². The van der Waals surface area contributed by atoms with Gasteiger partial charge in [-0.25, -0.2) is 0 Å². The van der Waals surface area contributed by atoms with Gasteiger partial charge in [0, 0.05) is 5.54 Å². The van der Waals surface area contributed by atoms with Crippen molar-refractivity contribution >= 4 is 11.6 Å². The van der Waals surface area contributed by atoms with Crippen molar-refractivity contribution < 1.29 is 9.47 Å². The largest absolute Gasteiger partial charge is 0.454 e. The van der Waals surface area contributed by atoms with E-state index in [9.17, 15) is 0 Å². The molecule has 1 fully saturated rings. The summed E-state index contributed by atoms with van der Waals surface area (Å²) in [6, 6.07) is 2.00. The fraction of sp³-hybridized carbons (Fsp3) is 0.500. The van der Waals surface area contributed by atoms with Crippen molar-refractivity contribution in [2.75, 3.05) is 6.79 Å². The van der Waals surface area contributed by atoms with Gasteiger partial charge in [-0.2, -0.15) is 0 Å². The molecular weight excluding hydrogens is 226 g/mol. The minimum absolute atomic E-state index is 0.185. The molecule has 0 aromatic heterocycles. The highest BCUT2D eigenvalue weighted by Crippen LogP contribution is 2.51. The van der Waals surface area contributed by atoms with E-state index in [1.807, 2.05) is 6.07 Å². The molecular formula is C12H14ClNO2. The minimum atomic E-state index is -0.185. The second kappa shape index (κ2) is 3.28. The Labute approximate surface area is 99.5 Å². The maximum atomic E-state index is 6.33. The second-order valence-electron chi connectivity index (χ2n) is 4.46. The third kappa shape index (κ3) is 1.31. The summed E-state index contributed by atoms with van der Waals surface area (Å²) in [5.74, 6) is 1.40. The number of rotatable bonds is 2. The lowest BCUT2D eigenvalue weighted by molar-refractivity contribution is 0.174. The quantitative estimate of drug-likeness (QED) is 0.863. The van der Waals surface area contributed by atoms with Gasteiger partial charge in [0.05, 0.1) is 5.02 Å². The summed E-state index contributed by atoms with van der Waals surface area (Å²) in [5.41, 5.74) is 8.30. The summed E-state index contributed by atoms with van der Waals surface area (Å²) < 4.78 is 10.7. The lowest BCUT2D eigenvalue weighted by Gasteiger charge is -2.17. The lowest BCUT2D eigenvalue weighted by Crippen LogP contribution is -2.20. The summed E-state index contributed by atoms with van der Waals surface area (Å²) in [6.07, 6.45) is 2.91.